The minimum atomic E-state index is -0.709. The monoisotopic (exact) mass is 415 g/mol. The molecule has 2 aromatic heterocycles. The molecule has 0 aliphatic heterocycles. The number of fused-ring (bicyclic) bond motifs is 1. The summed E-state index contributed by atoms with van der Waals surface area (Å²) >= 11 is 0. The molecule has 0 atom stereocenters. The molecule has 2 aromatic carbocycles. The van der Waals surface area contributed by atoms with E-state index in [9.17, 15) is 19.7 Å². The lowest BCUT2D eigenvalue weighted by Gasteiger charge is -2.05. The average Bonchev–Trinajstić information content (AvgIpc) is 2.80. The number of aromatic amines is 1. The number of carbonyl (C=O) groups is 1. The van der Waals surface area contributed by atoms with Crippen molar-refractivity contribution in [2.24, 2.45) is 5.10 Å². The summed E-state index contributed by atoms with van der Waals surface area (Å²) in [6.07, 6.45) is 2.61. The summed E-state index contributed by atoms with van der Waals surface area (Å²) in [5.41, 5.74) is 2.64. The Kier molecular flexibility index (Phi) is 5.22. The Bertz CT molecular complexity index is 1380. The van der Waals surface area contributed by atoms with Gasteiger partial charge in [0.25, 0.3) is 17.2 Å². The van der Waals surface area contributed by atoms with Crippen molar-refractivity contribution in [3.63, 3.8) is 0 Å². The van der Waals surface area contributed by atoms with Crippen LogP contribution in [0.2, 0.25) is 0 Å². The molecule has 0 aliphatic carbocycles. The van der Waals surface area contributed by atoms with Crippen LogP contribution in [0.3, 0.4) is 0 Å². The molecule has 0 bridgehead atoms. The molecule has 11 heteroatoms. The van der Waals surface area contributed by atoms with Gasteiger partial charge in [0.05, 0.1) is 16.5 Å². The number of hydrogen-bond acceptors (Lipinski definition) is 8. The topological polar surface area (TPSA) is 156 Å². The highest BCUT2D eigenvalue weighted by atomic mass is 16.6. The minimum absolute atomic E-state index is 0.0108. The summed E-state index contributed by atoms with van der Waals surface area (Å²) in [7, 11) is 0. The maximum absolute atomic E-state index is 12.5. The SMILES string of the molecule is O=C(N/N=C/c1cccc([N+](=O)[O-])c1)c1n[nH]c(=O)c2nc(-c3ccccc3)ncc12. The first-order valence-corrected chi connectivity index (χ1v) is 8.91. The van der Waals surface area contributed by atoms with Crippen LogP contribution in [0.4, 0.5) is 5.69 Å². The minimum Gasteiger partial charge on any atom is -0.266 e. The number of carbonyl (C=O) groups excluding carboxylic acids is 1. The van der Waals surface area contributed by atoms with Crippen molar-refractivity contribution in [2.75, 3.05) is 0 Å². The fourth-order valence-electron chi connectivity index (χ4n) is 2.78. The molecule has 2 N–H and O–H groups in total. The number of nitro groups is 1. The number of nitrogens with one attached hydrogen (secondary N) is 2. The van der Waals surface area contributed by atoms with Crippen molar-refractivity contribution in [1.29, 1.82) is 0 Å². The van der Waals surface area contributed by atoms with Crippen LogP contribution in [-0.4, -0.2) is 37.2 Å². The van der Waals surface area contributed by atoms with Crippen molar-refractivity contribution in [1.82, 2.24) is 25.6 Å². The fourth-order valence-corrected chi connectivity index (χ4v) is 2.78. The normalized spacial score (nSPS) is 11.0. The molecule has 152 valence electrons. The first kappa shape index (κ1) is 19.5. The summed E-state index contributed by atoms with van der Waals surface area (Å²) in [6.45, 7) is 0. The fraction of sp³-hybridized carbons (Fsp3) is 0. The van der Waals surface area contributed by atoms with E-state index >= 15 is 0 Å². The average molecular weight is 415 g/mol. The Morgan fingerprint density at radius 2 is 1.97 bits per heavy atom. The van der Waals surface area contributed by atoms with Gasteiger partial charge in [-0.05, 0) is 0 Å². The zero-order chi connectivity index (χ0) is 21.8. The second-order valence-electron chi connectivity index (χ2n) is 6.27. The maximum Gasteiger partial charge on any atom is 0.292 e. The molecule has 0 spiro atoms. The largest absolute Gasteiger partial charge is 0.292 e. The number of hydrogen-bond donors (Lipinski definition) is 2. The molecule has 0 aliphatic rings. The lowest BCUT2D eigenvalue weighted by Crippen LogP contribution is -2.23. The first-order chi connectivity index (χ1) is 15.0. The van der Waals surface area contributed by atoms with Crippen LogP contribution >= 0.6 is 0 Å². The van der Waals surface area contributed by atoms with Crippen molar-refractivity contribution in [3.8, 4) is 11.4 Å². The summed E-state index contributed by atoms with van der Waals surface area (Å²) < 4.78 is 0. The third-order valence-corrected chi connectivity index (χ3v) is 4.24. The van der Waals surface area contributed by atoms with Crippen molar-refractivity contribution in [2.45, 2.75) is 0 Å². The van der Waals surface area contributed by atoms with Gasteiger partial charge >= 0.3 is 0 Å². The van der Waals surface area contributed by atoms with Gasteiger partial charge in [-0.25, -0.2) is 20.5 Å². The summed E-state index contributed by atoms with van der Waals surface area (Å²) in [6, 6.07) is 14.8. The molecule has 0 unspecified atom stereocenters. The van der Waals surface area contributed by atoms with Crippen LogP contribution in [0.25, 0.3) is 22.3 Å². The Morgan fingerprint density at radius 1 is 1.16 bits per heavy atom. The van der Waals surface area contributed by atoms with Crippen LogP contribution in [0, 0.1) is 10.1 Å². The Balaban J connectivity index is 1.61. The Morgan fingerprint density at radius 3 is 2.74 bits per heavy atom. The lowest BCUT2D eigenvalue weighted by molar-refractivity contribution is -0.384. The van der Waals surface area contributed by atoms with E-state index in [0.29, 0.717) is 17.0 Å². The molecule has 2 heterocycles. The van der Waals surface area contributed by atoms with E-state index in [1.807, 2.05) is 18.2 Å². The second kappa shape index (κ2) is 8.29. The van der Waals surface area contributed by atoms with Crippen LogP contribution in [-0.2, 0) is 0 Å². The van der Waals surface area contributed by atoms with Gasteiger partial charge in [0.2, 0.25) is 0 Å². The van der Waals surface area contributed by atoms with E-state index in [1.165, 1.54) is 30.6 Å². The number of benzene rings is 2. The third-order valence-electron chi connectivity index (χ3n) is 4.24. The highest BCUT2D eigenvalue weighted by Gasteiger charge is 2.16. The van der Waals surface area contributed by atoms with Crippen molar-refractivity contribution >= 4 is 28.7 Å². The molecular weight excluding hydrogens is 402 g/mol. The molecule has 0 saturated heterocycles. The number of amides is 1. The van der Waals surface area contributed by atoms with E-state index in [-0.39, 0.29) is 22.3 Å². The molecule has 11 nitrogen and oxygen atoms in total. The smallest absolute Gasteiger partial charge is 0.266 e. The quantitative estimate of drug-likeness (QED) is 0.287. The van der Waals surface area contributed by atoms with E-state index in [4.69, 9.17) is 0 Å². The number of rotatable bonds is 5. The van der Waals surface area contributed by atoms with E-state index < -0.39 is 16.4 Å². The number of H-pyrrole nitrogens is 1. The van der Waals surface area contributed by atoms with Gasteiger partial charge in [0.15, 0.2) is 11.5 Å². The molecule has 4 aromatic rings. The van der Waals surface area contributed by atoms with Gasteiger partial charge in [-0.1, -0.05) is 42.5 Å². The molecule has 1 amide bonds. The third kappa shape index (κ3) is 4.15. The lowest BCUT2D eigenvalue weighted by atomic mass is 10.2. The predicted octanol–water partition coefficient (Wildman–Crippen LogP) is 2.05. The Labute approximate surface area is 173 Å². The summed E-state index contributed by atoms with van der Waals surface area (Å²) in [5.74, 6) is -0.376. The zero-order valence-electron chi connectivity index (χ0n) is 15.7. The van der Waals surface area contributed by atoms with E-state index in [1.54, 1.807) is 18.2 Å². The molecular formula is C20H13N7O4. The highest BCUT2D eigenvalue weighted by Crippen LogP contribution is 2.17. The molecule has 0 fully saturated rings. The highest BCUT2D eigenvalue weighted by molar-refractivity contribution is 6.04. The first-order valence-electron chi connectivity index (χ1n) is 8.91. The predicted molar refractivity (Wildman–Crippen MR) is 112 cm³/mol. The summed E-state index contributed by atoms with van der Waals surface area (Å²) in [4.78, 5) is 43.5. The van der Waals surface area contributed by atoms with Crippen molar-refractivity contribution < 1.29 is 9.72 Å². The van der Waals surface area contributed by atoms with Gasteiger partial charge in [-0.3, -0.25) is 19.7 Å². The van der Waals surface area contributed by atoms with E-state index in [0.717, 1.165) is 0 Å². The van der Waals surface area contributed by atoms with Crippen LogP contribution < -0.4 is 11.0 Å². The van der Waals surface area contributed by atoms with Gasteiger partial charge in [-0.15, -0.1) is 0 Å². The number of nitrogens with zero attached hydrogens (tertiary/aromatic N) is 5. The van der Waals surface area contributed by atoms with E-state index in [2.05, 4.69) is 30.7 Å². The zero-order valence-corrected chi connectivity index (χ0v) is 15.7. The number of aromatic nitrogens is 4. The van der Waals surface area contributed by atoms with Crippen molar-refractivity contribution in [3.05, 3.63) is 92.5 Å². The molecule has 4 rings (SSSR count). The van der Waals surface area contributed by atoms with Crippen LogP contribution in [0.15, 0.2) is 70.7 Å². The van der Waals surface area contributed by atoms with Gasteiger partial charge in [0, 0.05) is 29.5 Å². The Hall–Kier alpha value is -4.80. The number of nitro benzene ring substituents is 1. The second-order valence-corrected chi connectivity index (χ2v) is 6.27. The molecule has 0 radical (unpaired) electrons. The number of non-ortho nitro benzene ring substituents is 1. The van der Waals surface area contributed by atoms with Gasteiger partial charge in [-0.2, -0.15) is 10.2 Å². The van der Waals surface area contributed by atoms with Gasteiger partial charge in [0.1, 0.15) is 5.52 Å². The van der Waals surface area contributed by atoms with Gasteiger partial charge < -0.3 is 0 Å². The standard InChI is InChI=1S/C20H13N7O4/c28-19-16-15(11-21-18(23-16)13-6-2-1-3-7-13)17(24-26-19)20(29)25-22-10-12-5-4-8-14(9-12)27(30)31/h1-11H,(H,25,29)(H,26,28)/b22-10+. The number of hydrazone groups is 1. The maximum atomic E-state index is 12.5. The van der Waals surface area contributed by atoms with Crippen LogP contribution in [0.1, 0.15) is 16.1 Å². The molecule has 31 heavy (non-hydrogen) atoms. The van der Waals surface area contributed by atoms with Crippen LogP contribution in [0.5, 0.6) is 0 Å². The molecule has 0 saturated carbocycles. The summed E-state index contributed by atoms with van der Waals surface area (Å²) in [5, 5.41) is 20.8.